The molecule has 1 heterocycles. The maximum Gasteiger partial charge on any atom is 0.360 e. The molecule has 31 heavy (non-hydrogen) atoms. The fourth-order valence-corrected chi connectivity index (χ4v) is 3.80. The Labute approximate surface area is 191 Å². The number of carbonyl (C=O) groups is 2. The first-order valence-electron chi connectivity index (χ1n) is 11.1. The number of hydrogen-bond donors (Lipinski definition) is 4. The maximum absolute atomic E-state index is 13.0. The van der Waals surface area contributed by atoms with Crippen molar-refractivity contribution in [3.8, 4) is 0 Å². The Hall–Kier alpha value is -1.61. The zero-order chi connectivity index (χ0) is 22.9. The summed E-state index contributed by atoms with van der Waals surface area (Å²) in [6.07, 6.45) is 1.91. The Balaban J connectivity index is 2.29. The Kier molecular flexibility index (Phi) is 10.3. The highest BCUT2D eigenvalue weighted by Gasteiger charge is 2.56. The van der Waals surface area contributed by atoms with E-state index >= 15 is 0 Å². The van der Waals surface area contributed by atoms with Crippen molar-refractivity contribution in [2.24, 2.45) is 11.7 Å². The zero-order valence-corrected chi connectivity index (χ0v) is 19.7. The lowest BCUT2D eigenvalue weighted by Crippen LogP contribution is -2.59. The molecule has 1 saturated heterocycles. The topological polar surface area (TPSA) is 103 Å². The highest BCUT2D eigenvalue weighted by molar-refractivity contribution is 7.80. The first kappa shape index (κ1) is 25.6. The third kappa shape index (κ3) is 6.68. The van der Waals surface area contributed by atoms with Crippen molar-refractivity contribution in [1.29, 1.82) is 0 Å². The fraction of sp³-hybridized carbons (Fsp3) is 0.652. The highest BCUT2D eigenvalue weighted by atomic mass is 32.1. The van der Waals surface area contributed by atoms with E-state index in [0.29, 0.717) is 25.1 Å². The van der Waals surface area contributed by atoms with Crippen molar-refractivity contribution in [3.63, 3.8) is 0 Å². The van der Waals surface area contributed by atoms with Gasteiger partial charge in [-0.1, -0.05) is 57.5 Å². The lowest BCUT2D eigenvalue weighted by Gasteiger charge is -2.35. The summed E-state index contributed by atoms with van der Waals surface area (Å²) in [5.41, 5.74) is 5.35. The third-order valence-corrected chi connectivity index (χ3v) is 6.35. The monoisotopic (exact) mass is 451 g/mol. The lowest BCUT2D eigenvalue weighted by molar-refractivity contribution is -0.169. The van der Waals surface area contributed by atoms with Gasteiger partial charge in [-0.15, -0.1) is 0 Å². The van der Waals surface area contributed by atoms with Gasteiger partial charge in [-0.25, -0.2) is 4.79 Å². The van der Waals surface area contributed by atoms with Crippen LogP contribution in [0.3, 0.4) is 0 Å². The van der Waals surface area contributed by atoms with Crippen LogP contribution in [0.15, 0.2) is 30.3 Å². The van der Waals surface area contributed by atoms with E-state index in [1.807, 2.05) is 37.3 Å². The molecule has 0 bridgehead atoms. The molecule has 7 nitrogen and oxygen atoms in total. The van der Waals surface area contributed by atoms with Crippen molar-refractivity contribution < 1.29 is 19.1 Å². The number of rotatable bonds is 13. The van der Waals surface area contributed by atoms with Crippen LogP contribution >= 0.6 is 12.6 Å². The number of amides is 1. The number of cyclic esters (lactones) is 1. The summed E-state index contributed by atoms with van der Waals surface area (Å²) < 4.78 is 11.7. The summed E-state index contributed by atoms with van der Waals surface area (Å²) in [5.74, 6) is -0.365. The van der Waals surface area contributed by atoms with Crippen LogP contribution in [-0.4, -0.2) is 55.2 Å². The predicted molar refractivity (Wildman–Crippen MR) is 125 cm³/mol. The standard InChI is InChI=1S/C23H37N3O4S/c1-4-9-21(27)26-23(19(13-29-22(23)28)17-10-7-6-8-11-17)30-14-20(16(3)5-2)25-12-18(24)15-31/h6-8,10-11,16,18-20,25,31H,4-5,9,12-15,24H2,1-3H3,(H,26,27)/t16?,18?,19-,20?,23+/m1/s1. The maximum atomic E-state index is 13.0. The molecule has 1 aromatic carbocycles. The van der Waals surface area contributed by atoms with Crippen molar-refractivity contribution in [1.82, 2.24) is 10.6 Å². The molecule has 0 aliphatic carbocycles. The summed E-state index contributed by atoms with van der Waals surface area (Å²) in [6, 6.07) is 9.44. The number of benzene rings is 1. The van der Waals surface area contributed by atoms with Crippen molar-refractivity contribution >= 4 is 24.5 Å². The molecular formula is C23H37N3O4S. The summed E-state index contributed by atoms with van der Waals surface area (Å²) in [6.45, 7) is 7.12. The number of nitrogens with one attached hydrogen (secondary N) is 2. The summed E-state index contributed by atoms with van der Waals surface area (Å²) in [4.78, 5) is 25.5. The normalized spacial score (nSPS) is 23.8. The molecular weight excluding hydrogens is 414 g/mol. The Morgan fingerprint density at radius 3 is 2.68 bits per heavy atom. The van der Waals surface area contributed by atoms with E-state index < -0.39 is 17.6 Å². The molecule has 174 valence electrons. The molecule has 1 aliphatic heterocycles. The quantitative estimate of drug-likeness (QED) is 0.208. The number of carbonyl (C=O) groups excluding carboxylic acids is 2. The van der Waals surface area contributed by atoms with E-state index in [1.165, 1.54) is 0 Å². The number of hydrogen-bond acceptors (Lipinski definition) is 7. The van der Waals surface area contributed by atoms with E-state index in [1.54, 1.807) is 0 Å². The molecule has 0 saturated carbocycles. The molecule has 8 heteroatoms. The van der Waals surface area contributed by atoms with E-state index in [0.717, 1.165) is 12.0 Å². The first-order chi connectivity index (χ1) is 14.9. The summed E-state index contributed by atoms with van der Waals surface area (Å²) >= 11 is 4.25. The fourth-order valence-electron chi connectivity index (χ4n) is 3.67. The average molecular weight is 452 g/mol. The molecule has 0 spiro atoms. The van der Waals surface area contributed by atoms with Crippen molar-refractivity contribution in [3.05, 3.63) is 35.9 Å². The second kappa shape index (κ2) is 12.4. The van der Waals surface area contributed by atoms with Crippen LogP contribution < -0.4 is 16.4 Å². The molecule has 1 aliphatic rings. The van der Waals surface area contributed by atoms with Crippen LogP contribution in [0.25, 0.3) is 0 Å². The predicted octanol–water partition coefficient (Wildman–Crippen LogP) is 2.22. The van der Waals surface area contributed by atoms with Crippen LogP contribution in [0.2, 0.25) is 0 Å². The smallest absolute Gasteiger partial charge is 0.360 e. The zero-order valence-electron chi connectivity index (χ0n) is 18.8. The largest absolute Gasteiger partial charge is 0.461 e. The molecule has 0 aromatic heterocycles. The minimum Gasteiger partial charge on any atom is -0.461 e. The Morgan fingerprint density at radius 2 is 2.06 bits per heavy atom. The first-order valence-corrected chi connectivity index (χ1v) is 11.8. The molecule has 1 fully saturated rings. The van der Waals surface area contributed by atoms with Gasteiger partial charge in [0, 0.05) is 30.8 Å². The van der Waals surface area contributed by atoms with Crippen molar-refractivity contribution in [2.75, 3.05) is 25.5 Å². The van der Waals surface area contributed by atoms with Crippen LogP contribution in [0, 0.1) is 5.92 Å². The van der Waals surface area contributed by atoms with E-state index in [-0.39, 0.29) is 37.1 Å². The van der Waals surface area contributed by atoms with Gasteiger partial charge in [0.05, 0.1) is 12.5 Å². The number of thiol groups is 1. The van der Waals surface area contributed by atoms with Gasteiger partial charge in [0.25, 0.3) is 5.72 Å². The lowest BCUT2D eigenvalue weighted by atomic mass is 9.90. The summed E-state index contributed by atoms with van der Waals surface area (Å²) in [5, 5.41) is 6.33. The van der Waals surface area contributed by atoms with Crippen LogP contribution in [-0.2, 0) is 19.1 Å². The van der Waals surface area contributed by atoms with E-state index in [2.05, 4.69) is 37.1 Å². The van der Waals surface area contributed by atoms with Crippen LogP contribution in [0.4, 0.5) is 0 Å². The van der Waals surface area contributed by atoms with Gasteiger partial charge in [-0.3, -0.25) is 4.79 Å². The van der Waals surface area contributed by atoms with Gasteiger partial charge in [-0.05, 0) is 17.9 Å². The SMILES string of the molecule is CCCC(=O)N[C@@]1(OCC(NCC(N)CS)C(C)CC)C(=O)OC[C@@H]1c1ccccc1. The highest BCUT2D eigenvalue weighted by Crippen LogP contribution is 2.37. The molecule has 1 aromatic rings. The molecule has 1 amide bonds. The van der Waals surface area contributed by atoms with Gasteiger partial charge in [0.1, 0.15) is 6.61 Å². The third-order valence-electron chi connectivity index (χ3n) is 5.88. The average Bonchev–Trinajstić information content (AvgIpc) is 3.09. The van der Waals surface area contributed by atoms with Gasteiger partial charge in [-0.2, -0.15) is 12.6 Å². The summed E-state index contributed by atoms with van der Waals surface area (Å²) in [7, 11) is 0. The molecule has 5 atom stereocenters. The van der Waals surface area contributed by atoms with E-state index in [4.69, 9.17) is 15.2 Å². The minimum absolute atomic E-state index is 0.0410. The van der Waals surface area contributed by atoms with Crippen LogP contribution in [0.1, 0.15) is 51.5 Å². The van der Waals surface area contributed by atoms with Gasteiger partial charge in [0.15, 0.2) is 0 Å². The Bertz CT molecular complexity index is 705. The minimum atomic E-state index is -1.55. The number of nitrogens with two attached hydrogens (primary N) is 1. The van der Waals surface area contributed by atoms with Gasteiger partial charge < -0.3 is 25.8 Å². The van der Waals surface area contributed by atoms with Gasteiger partial charge >= 0.3 is 5.97 Å². The molecule has 2 rings (SSSR count). The Morgan fingerprint density at radius 1 is 1.35 bits per heavy atom. The van der Waals surface area contributed by atoms with Crippen LogP contribution in [0.5, 0.6) is 0 Å². The van der Waals surface area contributed by atoms with E-state index in [9.17, 15) is 9.59 Å². The molecule has 4 N–H and O–H groups in total. The molecule has 0 radical (unpaired) electrons. The second-order valence-corrected chi connectivity index (χ2v) is 8.61. The number of esters is 1. The molecule has 3 unspecified atom stereocenters. The number of ether oxygens (including phenoxy) is 2. The van der Waals surface area contributed by atoms with Gasteiger partial charge in [0.2, 0.25) is 5.91 Å². The van der Waals surface area contributed by atoms with Crippen molar-refractivity contribution in [2.45, 2.75) is 63.8 Å². The second-order valence-electron chi connectivity index (χ2n) is 8.25.